The third-order valence-corrected chi connectivity index (χ3v) is 3.90. The van der Waals surface area contributed by atoms with Crippen molar-refractivity contribution in [2.75, 3.05) is 20.1 Å². The van der Waals surface area contributed by atoms with Crippen LogP contribution in [0.4, 0.5) is 4.79 Å². The topological polar surface area (TPSA) is 41.9 Å². The van der Waals surface area contributed by atoms with Gasteiger partial charge in [-0.2, -0.15) is 0 Å². The van der Waals surface area contributed by atoms with Gasteiger partial charge in [-0.3, -0.25) is 4.99 Å². The van der Waals surface area contributed by atoms with E-state index in [1.807, 2.05) is 37.4 Å². The molecule has 108 valence electrons. The number of aliphatic imine (C=N–C) groups is 1. The summed E-state index contributed by atoms with van der Waals surface area (Å²) in [6, 6.07) is 9.76. The van der Waals surface area contributed by atoms with E-state index in [4.69, 9.17) is 4.74 Å². The fourth-order valence-corrected chi connectivity index (χ4v) is 2.47. The van der Waals surface area contributed by atoms with E-state index in [1.165, 1.54) is 5.71 Å². The van der Waals surface area contributed by atoms with Crippen LogP contribution in [0.25, 0.3) is 0 Å². The number of rotatable bonds is 3. The number of benzene rings is 1. The minimum atomic E-state index is -0.210. The van der Waals surface area contributed by atoms with Crippen LogP contribution in [0, 0.1) is 5.92 Å². The first kappa shape index (κ1) is 14.6. The molecule has 1 saturated heterocycles. The van der Waals surface area contributed by atoms with Crippen LogP contribution in [0.3, 0.4) is 0 Å². The summed E-state index contributed by atoms with van der Waals surface area (Å²) in [6.45, 7) is 3.92. The Labute approximate surface area is 120 Å². The van der Waals surface area contributed by atoms with Crippen LogP contribution >= 0.6 is 0 Å². The molecular weight excluding hydrogens is 252 g/mol. The third-order valence-electron chi connectivity index (χ3n) is 3.90. The van der Waals surface area contributed by atoms with E-state index >= 15 is 0 Å². The Hall–Kier alpha value is -1.84. The van der Waals surface area contributed by atoms with Gasteiger partial charge in [0.2, 0.25) is 0 Å². The molecule has 2 rings (SSSR count). The molecule has 1 heterocycles. The summed E-state index contributed by atoms with van der Waals surface area (Å²) in [5.41, 5.74) is 2.20. The largest absolute Gasteiger partial charge is 0.445 e. The summed E-state index contributed by atoms with van der Waals surface area (Å²) < 4.78 is 5.35. The highest BCUT2D eigenvalue weighted by molar-refractivity contribution is 5.84. The summed E-state index contributed by atoms with van der Waals surface area (Å²) >= 11 is 0. The Balaban J connectivity index is 1.77. The lowest BCUT2D eigenvalue weighted by Gasteiger charge is -2.31. The van der Waals surface area contributed by atoms with Crippen molar-refractivity contribution < 1.29 is 9.53 Å². The predicted molar refractivity (Wildman–Crippen MR) is 80.0 cm³/mol. The molecule has 0 saturated carbocycles. The Bertz CT molecular complexity index is 463. The number of carbonyl (C=O) groups is 1. The molecule has 0 N–H and O–H groups in total. The summed E-state index contributed by atoms with van der Waals surface area (Å²) in [5, 5.41) is 0. The first-order chi connectivity index (χ1) is 9.70. The number of hydrogen-bond donors (Lipinski definition) is 0. The molecule has 1 aliphatic rings. The van der Waals surface area contributed by atoms with Gasteiger partial charge in [0.15, 0.2) is 0 Å². The van der Waals surface area contributed by atoms with Crippen molar-refractivity contribution in [1.82, 2.24) is 4.90 Å². The monoisotopic (exact) mass is 274 g/mol. The van der Waals surface area contributed by atoms with Gasteiger partial charge in [0.05, 0.1) is 0 Å². The predicted octanol–water partition coefficient (Wildman–Crippen LogP) is 3.13. The van der Waals surface area contributed by atoms with Gasteiger partial charge >= 0.3 is 6.09 Å². The number of nitrogens with zero attached hydrogens (tertiary/aromatic N) is 2. The molecule has 0 aliphatic carbocycles. The molecule has 4 nitrogen and oxygen atoms in total. The zero-order valence-corrected chi connectivity index (χ0v) is 12.2. The summed E-state index contributed by atoms with van der Waals surface area (Å²) in [5.74, 6) is 0.512. The molecule has 0 spiro atoms. The first-order valence-corrected chi connectivity index (χ1v) is 7.09. The number of hydrogen-bond acceptors (Lipinski definition) is 3. The molecule has 0 aromatic heterocycles. The van der Waals surface area contributed by atoms with Gasteiger partial charge < -0.3 is 9.64 Å². The maximum atomic E-state index is 12.0. The summed E-state index contributed by atoms with van der Waals surface area (Å²) in [4.78, 5) is 18.0. The Kier molecular flexibility index (Phi) is 5.16. The van der Waals surface area contributed by atoms with Gasteiger partial charge in [0, 0.05) is 25.8 Å². The van der Waals surface area contributed by atoms with Gasteiger partial charge in [0.1, 0.15) is 6.61 Å². The third kappa shape index (κ3) is 3.83. The second-order valence-corrected chi connectivity index (χ2v) is 5.17. The smallest absolute Gasteiger partial charge is 0.410 e. The van der Waals surface area contributed by atoms with E-state index in [0.29, 0.717) is 12.5 Å². The maximum Gasteiger partial charge on any atom is 0.410 e. The van der Waals surface area contributed by atoms with Crippen molar-refractivity contribution in [3.8, 4) is 0 Å². The molecule has 0 atom stereocenters. The lowest BCUT2D eigenvalue weighted by atomic mass is 9.93. The number of likely N-dealkylation sites (tertiary alicyclic amines) is 1. The molecule has 0 radical (unpaired) electrons. The van der Waals surface area contributed by atoms with E-state index < -0.39 is 0 Å². The van der Waals surface area contributed by atoms with Crippen molar-refractivity contribution in [2.45, 2.75) is 26.4 Å². The first-order valence-electron chi connectivity index (χ1n) is 7.09. The highest BCUT2D eigenvalue weighted by Crippen LogP contribution is 2.19. The second kappa shape index (κ2) is 7.08. The van der Waals surface area contributed by atoms with Crippen molar-refractivity contribution in [2.24, 2.45) is 10.9 Å². The highest BCUT2D eigenvalue weighted by atomic mass is 16.6. The van der Waals surface area contributed by atoms with Crippen molar-refractivity contribution >= 4 is 11.8 Å². The fraction of sp³-hybridized carbons (Fsp3) is 0.500. The van der Waals surface area contributed by atoms with Crippen LogP contribution < -0.4 is 0 Å². The molecule has 0 bridgehead atoms. The van der Waals surface area contributed by atoms with Crippen LogP contribution in [-0.4, -0.2) is 36.8 Å². The second-order valence-electron chi connectivity index (χ2n) is 5.17. The molecule has 1 aromatic carbocycles. The van der Waals surface area contributed by atoms with Gasteiger partial charge in [0.25, 0.3) is 0 Å². The summed E-state index contributed by atoms with van der Waals surface area (Å²) in [6.07, 6.45) is 1.74. The zero-order chi connectivity index (χ0) is 14.4. The number of carbonyl (C=O) groups excluding carboxylic acids is 1. The van der Waals surface area contributed by atoms with Crippen LogP contribution in [0.5, 0.6) is 0 Å². The lowest BCUT2D eigenvalue weighted by Crippen LogP contribution is -2.40. The van der Waals surface area contributed by atoms with Crippen molar-refractivity contribution in [1.29, 1.82) is 0 Å². The van der Waals surface area contributed by atoms with E-state index in [-0.39, 0.29) is 6.09 Å². The van der Waals surface area contributed by atoms with Crippen LogP contribution in [0.1, 0.15) is 25.3 Å². The quantitative estimate of drug-likeness (QED) is 0.795. The van der Waals surface area contributed by atoms with Crippen LogP contribution in [0.15, 0.2) is 35.3 Å². The Morgan fingerprint density at radius 1 is 1.30 bits per heavy atom. The molecule has 1 amide bonds. The number of amides is 1. The molecular formula is C16H22N2O2. The van der Waals surface area contributed by atoms with E-state index in [9.17, 15) is 4.79 Å². The molecule has 4 heteroatoms. The van der Waals surface area contributed by atoms with Gasteiger partial charge in [-0.25, -0.2) is 4.79 Å². The molecule has 20 heavy (non-hydrogen) atoms. The fourth-order valence-electron chi connectivity index (χ4n) is 2.47. The van der Waals surface area contributed by atoms with Crippen molar-refractivity contribution in [3.63, 3.8) is 0 Å². The van der Waals surface area contributed by atoms with Gasteiger partial charge in [-0.1, -0.05) is 30.3 Å². The zero-order valence-electron chi connectivity index (χ0n) is 12.2. The number of ether oxygens (including phenoxy) is 1. The number of piperidine rings is 1. The van der Waals surface area contributed by atoms with E-state index in [0.717, 1.165) is 31.5 Å². The van der Waals surface area contributed by atoms with Gasteiger partial charge in [-0.05, 0) is 31.2 Å². The minimum Gasteiger partial charge on any atom is -0.445 e. The lowest BCUT2D eigenvalue weighted by molar-refractivity contribution is 0.0864. The maximum absolute atomic E-state index is 12.0. The Morgan fingerprint density at radius 2 is 1.95 bits per heavy atom. The van der Waals surface area contributed by atoms with E-state index in [1.54, 1.807) is 4.90 Å². The highest BCUT2D eigenvalue weighted by Gasteiger charge is 2.24. The normalized spacial score (nSPS) is 17.1. The average Bonchev–Trinajstić information content (AvgIpc) is 2.53. The minimum absolute atomic E-state index is 0.210. The van der Waals surface area contributed by atoms with Gasteiger partial charge in [-0.15, -0.1) is 0 Å². The molecule has 1 fully saturated rings. The van der Waals surface area contributed by atoms with Crippen molar-refractivity contribution in [3.05, 3.63) is 35.9 Å². The average molecular weight is 274 g/mol. The molecule has 1 aliphatic heterocycles. The van der Waals surface area contributed by atoms with Crippen LogP contribution in [0.2, 0.25) is 0 Å². The SMILES string of the molecule is CN=C(C)C1CCN(C(=O)OCc2ccccc2)CC1. The summed E-state index contributed by atoms with van der Waals surface area (Å²) in [7, 11) is 1.83. The molecule has 0 unspecified atom stereocenters. The molecule has 1 aromatic rings. The standard InChI is InChI=1S/C16H22N2O2/c1-13(17-2)15-8-10-18(11-9-15)16(19)20-12-14-6-4-3-5-7-14/h3-7,15H,8-12H2,1-2H3. The van der Waals surface area contributed by atoms with E-state index in [2.05, 4.69) is 11.9 Å². The Morgan fingerprint density at radius 3 is 2.55 bits per heavy atom. The van der Waals surface area contributed by atoms with Crippen LogP contribution in [-0.2, 0) is 11.3 Å².